The summed E-state index contributed by atoms with van der Waals surface area (Å²) in [6.45, 7) is 4.39. The number of hydrogen-bond donors (Lipinski definition) is 0. The van der Waals surface area contributed by atoms with E-state index in [1.165, 1.54) is 153 Å². The van der Waals surface area contributed by atoms with E-state index >= 15 is 0 Å². The summed E-state index contributed by atoms with van der Waals surface area (Å²) in [7, 11) is 0. The monoisotopic (exact) mass is 846 g/mol. The minimum Gasteiger partial charge on any atom is -0.0610 e. The maximum absolute atomic E-state index is 2.54. The molecule has 0 unspecified atom stereocenters. The fraction of sp³-hybridized carbons (Fsp3) is 0.0448. The lowest BCUT2D eigenvalue weighted by atomic mass is 9.67. The van der Waals surface area contributed by atoms with Gasteiger partial charge in [-0.25, -0.2) is 0 Å². The molecular weight excluding hydrogens is 805 g/mol. The van der Waals surface area contributed by atoms with Crippen molar-refractivity contribution >= 4 is 86.2 Å². The van der Waals surface area contributed by atoms with Gasteiger partial charge in [-0.15, -0.1) is 0 Å². The molecule has 0 aliphatic heterocycles. The van der Waals surface area contributed by atoms with Crippen LogP contribution < -0.4 is 0 Å². The van der Waals surface area contributed by atoms with Crippen molar-refractivity contribution in [1.82, 2.24) is 0 Å². The van der Waals surface area contributed by atoms with Crippen LogP contribution in [0.2, 0.25) is 0 Å². The molecule has 0 spiro atoms. The quantitative estimate of drug-likeness (QED) is 0.122. The molecule has 67 heavy (non-hydrogen) atoms. The Morgan fingerprint density at radius 3 is 0.955 bits per heavy atom. The number of benzene rings is 14. The van der Waals surface area contributed by atoms with Crippen LogP contribution >= 0.6 is 0 Å². The molecule has 0 aromatic heterocycles. The molecule has 0 N–H and O–H groups in total. The molecule has 310 valence electrons. The van der Waals surface area contributed by atoms with E-state index in [0.717, 1.165) is 0 Å². The fourth-order valence-electron chi connectivity index (χ4n) is 12.8. The Morgan fingerprint density at radius 1 is 0.254 bits per heavy atom. The smallest absolute Gasteiger partial charge is 0.0610 e. The van der Waals surface area contributed by atoms with Crippen LogP contribution in [-0.4, -0.2) is 0 Å². The van der Waals surface area contributed by atoms with Crippen molar-refractivity contribution in [2.45, 2.75) is 19.3 Å². The average Bonchev–Trinajstić information content (AvgIpc) is 3.66. The van der Waals surface area contributed by atoms with Gasteiger partial charge in [0.25, 0.3) is 0 Å². The van der Waals surface area contributed by atoms with Crippen molar-refractivity contribution in [3.63, 3.8) is 0 Å². The lowest BCUT2D eigenvalue weighted by Crippen LogP contribution is -2.28. The van der Waals surface area contributed by atoms with Crippen LogP contribution in [0.1, 0.15) is 33.4 Å². The standard InChI is InChI=1S/C67H42/c1-39-21-27-45(28-22-39)67(46-29-23-40(2)24-30-46)61-37-43(47-33-35-59-55-15-5-11-41-9-3-13-53(63(41)55)57-19-7-17-51(47)65(57)59)25-31-49(61)50-32-26-44(38-62(50)67)48-34-36-60-56-16-6-12-42-10-4-14-54(64(42)56)58-20-8-18-52(48)66(58)60/h3-38H,1-2H3. The maximum Gasteiger partial charge on any atom is 0.0714 e. The summed E-state index contributed by atoms with van der Waals surface area (Å²) in [5.74, 6) is 0. The Hall–Kier alpha value is -8.32. The van der Waals surface area contributed by atoms with E-state index in [-0.39, 0.29) is 0 Å². The highest BCUT2D eigenvalue weighted by Gasteiger charge is 2.46. The van der Waals surface area contributed by atoms with Crippen molar-refractivity contribution in [2.24, 2.45) is 0 Å². The van der Waals surface area contributed by atoms with Crippen molar-refractivity contribution < 1.29 is 0 Å². The van der Waals surface area contributed by atoms with Gasteiger partial charge in [0.15, 0.2) is 0 Å². The largest absolute Gasteiger partial charge is 0.0714 e. The maximum atomic E-state index is 2.54. The van der Waals surface area contributed by atoms with Gasteiger partial charge >= 0.3 is 0 Å². The fourth-order valence-corrected chi connectivity index (χ4v) is 12.8. The molecule has 14 aromatic carbocycles. The molecule has 0 fully saturated rings. The minimum atomic E-state index is -0.583. The highest BCUT2D eigenvalue weighted by Crippen LogP contribution is 2.58. The average molecular weight is 847 g/mol. The van der Waals surface area contributed by atoms with Crippen molar-refractivity contribution in [3.05, 3.63) is 252 Å². The van der Waals surface area contributed by atoms with Crippen LogP contribution in [0.3, 0.4) is 0 Å². The molecule has 0 saturated carbocycles. The summed E-state index contributed by atoms with van der Waals surface area (Å²) in [5, 5.41) is 21.1. The van der Waals surface area contributed by atoms with Gasteiger partial charge in [0.2, 0.25) is 0 Å². The second kappa shape index (κ2) is 13.4. The molecule has 1 aliphatic carbocycles. The van der Waals surface area contributed by atoms with Crippen LogP contribution in [0.15, 0.2) is 218 Å². The lowest BCUT2D eigenvalue weighted by Gasteiger charge is -2.34. The Balaban J connectivity index is 1.00. The second-order valence-electron chi connectivity index (χ2n) is 19.2. The Labute approximate surface area is 388 Å². The zero-order chi connectivity index (χ0) is 44.1. The summed E-state index contributed by atoms with van der Waals surface area (Å²) >= 11 is 0. The zero-order valence-corrected chi connectivity index (χ0v) is 37.3. The van der Waals surface area contributed by atoms with Crippen molar-refractivity contribution in [3.8, 4) is 33.4 Å². The van der Waals surface area contributed by atoms with Crippen molar-refractivity contribution in [1.29, 1.82) is 0 Å². The molecule has 1 aliphatic rings. The van der Waals surface area contributed by atoms with Gasteiger partial charge in [-0.1, -0.05) is 217 Å². The molecule has 0 bridgehead atoms. The summed E-state index contributed by atoms with van der Waals surface area (Å²) in [4.78, 5) is 0. The molecule has 0 nitrogen and oxygen atoms in total. The van der Waals surface area contributed by atoms with Gasteiger partial charge in [-0.05, 0) is 168 Å². The first kappa shape index (κ1) is 37.0. The van der Waals surface area contributed by atoms with E-state index in [1.807, 2.05) is 0 Å². The first-order valence-electron chi connectivity index (χ1n) is 23.7. The first-order chi connectivity index (χ1) is 33.0. The van der Waals surface area contributed by atoms with E-state index in [2.05, 4.69) is 232 Å². The minimum absolute atomic E-state index is 0.583. The summed E-state index contributed by atoms with van der Waals surface area (Å²) in [6, 6.07) is 83.8. The third-order valence-corrected chi connectivity index (χ3v) is 15.8. The van der Waals surface area contributed by atoms with E-state index in [1.54, 1.807) is 0 Å². The topological polar surface area (TPSA) is 0 Å². The molecule has 0 atom stereocenters. The molecule has 0 amide bonds. The molecular formula is C67H42. The van der Waals surface area contributed by atoms with E-state index in [0.29, 0.717) is 0 Å². The Morgan fingerprint density at radius 2 is 0.567 bits per heavy atom. The molecule has 0 heteroatoms. The first-order valence-corrected chi connectivity index (χ1v) is 23.7. The predicted molar refractivity (Wildman–Crippen MR) is 287 cm³/mol. The van der Waals surface area contributed by atoms with Gasteiger partial charge in [-0.2, -0.15) is 0 Å². The van der Waals surface area contributed by atoms with Crippen LogP contribution in [0, 0.1) is 13.8 Å². The zero-order valence-electron chi connectivity index (χ0n) is 37.3. The molecule has 0 radical (unpaired) electrons. The number of rotatable bonds is 4. The van der Waals surface area contributed by atoms with Crippen LogP contribution in [0.5, 0.6) is 0 Å². The van der Waals surface area contributed by atoms with E-state index < -0.39 is 5.41 Å². The normalized spacial score (nSPS) is 13.3. The number of aryl methyl sites for hydroxylation is 2. The Bertz CT molecular complexity index is 3990. The van der Waals surface area contributed by atoms with Crippen LogP contribution in [-0.2, 0) is 5.41 Å². The summed E-state index contributed by atoms with van der Waals surface area (Å²) < 4.78 is 0. The van der Waals surface area contributed by atoms with Crippen molar-refractivity contribution in [2.75, 3.05) is 0 Å². The molecule has 14 aromatic rings. The number of hydrogen-bond acceptors (Lipinski definition) is 0. The van der Waals surface area contributed by atoms with E-state index in [4.69, 9.17) is 0 Å². The SMILES string of the molecule is Cc1ccc(C2(c3ccc(C)cc3)c3cc(-c4ccc5c6cccc7cccc(c8cccc4c85)c76)ccc3-c3ccc(-c4ccc5c6cccc7cccc(c8cccc4c85)c76)cc32)cc1. The van der Waals surface area contributed by atoms with Gasteiger partial charge < -0.3 is 0 Å². The summed E-state index contributed by atoms with van der Waals surface area (Å²) in [5.41, 5.74) is 14.7. The van der Waals surface area contributed by atoms with Crippen LogP contribution in [0.4, 0.5) is 0 Å². The third kappa shape index (κ3) is 4.87. The Kier molecular flexibility index (Phi) is 7.38. The van der Waals surface area contributed by atoms with Gasteiger partial charge in [-0.3, -0.25) is 0 Å². The highest BCUT2D eigenvalue weighted by atomic mass is 14.5. The third-order valence-electron chi connectivity index (χ3n) is 15.8. The highest BCUT2D eigenvalue weighted by molar-refractivity contribution is 6.35. The van der Waals surface area contributed by atoms with Gasteiger partial charge in [0, 0.05) is 0 Å². The molecule has 15 rings (SSSR count). The lowest BCUT2D eigenvalue weighted by molar-refractivity contribution is 0.768. The second-order valence-corrected chi connectivity index (χ2v) is 19.2. The summed E-state index contributed by atoms with van der Waals surface area (Å²) in [6.07, 6.45) is 0. The molecule has 0 saturated heterocycles. The van der Waals surface area contributed by atoms with Gasteiger partial charge in [0.1, 0.15) is 0 Å². The predicted octanol–water partition coefficient (Wildman–Crippen LogP) is 18.1. The van der Waals surface area contributed by atoms with Crippen LogP contribution in [0.25, 0.3) is 120 Å². The van der Waals surface area contributed by atoms with E-state index in [9.17, 15) is 0 Å². The molecule has 0 heterocycles. The number of fused-ring (bicyclic) bond motifs is 7. The van der Waals surface area contributed by atoms with Gasteiger partial charge in [0.05, 0.1) is 5.41 Å².